The van der Waals surface area contributed by atoms with E-state index >= 15 is 0 Å². The molecule has 3 nitrogen and oxygen atoms in total. The first-order valence-electron chi connectivity index (χ1n) is 6.84. The number of hydrogen-bond acceptors (Lipinski definition) is 3. The van der Waals surface area contributed by atoms with E-state index in [1.165, 1.54) is 38.5 Å². The van der Waals surface area contributed by atoms with E-state index in [1.54, 1.807) is 0 Å². The summed E-state index contributed by atoms with van der Waals surface area (Å²) in [5.41, 5.74) is 5.22. The summed E-state index contributed by atoms with van der Waals surface area (Å²) in [4.78, 5) is 11.8. The highest BCUT2D eigenvalue weighted by Gasteiger charge is 2.47. The van der Waals surface area contributed by atoms with Crippen LogP contribution < -0.4 is 11.1 Å². The van der Waals surface area contributed by atoms with Crippen molar-refractivity contribution < 1.29 is 4.79 Å². The van der Waals surface area contributed by atoms with Crippen molar-refractivity contribution in [3.8, 4) is 0 Å². The predicted octanol–water partition coefficient (Wildman–Crippen LogP) is 2.05. The Morgan fingerprint density at radius 3 is 2.41 bits per heavy atom. The molecule has 0 spiro atoms. The molecule has 0 aromatic heterocycles. The molecule has 98 valence electrons. The molecule has 2 atom stereocenters. The molecule has 2 fully saturated rings. The van der Waals surface area contributed by atoms with Crippen LogP contribution in [0.4, 0.5) is 0 Å². The maximum absolute atomic E-state index is 11.8. The molecule has 3 N–H and O–H groups in total. The number of primary amides is 1. The Bertz CT molecular complexity index is 277. The molecule has 1 aliphatic heterocycles. The van der Waals surface area contributed by atoms with Gasteiger partial charge in [-0.2, -0.15) is 11.8 Å². The third-order valence-corrected chi connectivity index (χ3v) is 5.66. The predicted molar refractivity (Wildman–Crippen MR) is 73.1 cm³/mol. The van der Waals surface area contributed by atoms with Crippen molar-refractivity contribution in [3.63, 3.8) is 0 Å². The van der Waals surface area contributed by atoms with Gasteiger partial charge in [0.05, 0.1) is 0 Å². The van der Waals surface area contributed by atoms with Crippen molar-refractivity contribution in [2.24, 2.45) is 5.73 Å². The highest BCUT2D eigenvalue weighted by Crippen LogP contribution is 2.36. The summed E-state index contributed by atoms with van der Waals surface area (Å²) in [5.74, 6) is 0.892. The van der Waals surface area contributed by atoms with Crippen molar-refractivity contribution in [1.82, 2.24) is 5.32 Å². The minimum atomic E-state index is -0.445. The zero-order valence-electron chi connectivity index (χ0n) is 10.7. The van der Waals surface area contributed by atoms with E-state index in [0.29, 0.717) is 11.3 Å². The van der Waals surface area contributed by atoms with Crippen LogP contribution >= 0.6 is 11.8 Å². The molecule has 1 aliphatic carbocycles. The summed E-state index contributed by atoms with van der Waals surface area (Å²) < 4.78 is 0. The molecule has 2 unspecified atom stereocenters. The van der Waals surface area contributed by atoms with Gasteiger partial charge in [0.1, 0.15) is 5.54 Å². The van der Waals surface area contributed by atoms with E-state index < -0.39 is 5.54 Å². The van der Waals surface area contributed by atoms with E-state index in [0.717, 1.165) is 12.2 Å². The SMILES string of the molecule is CC1SCCC1(NC1CCCCCC1)C(N)=O. The summed E-state index contributed by atoms with van der Waals surface area (Å²) in [6, 6.07) is 0.492. The van der Waals surface area contributed by atoms with Crippen LogP contribution in [0, 0.1) is 0 Å². The second kappa shape index (κ2) is 5.61. The fourth-order valence-electron chi connectivity index (χ4n) is 3.11. The van der Waals surface area contributed by atoms with E-state index in [2.05, 4.69) is 12.2 Å². The number of nitrogens with two attached hydrogens (primary N) is 1. The standard InChI is InChI=1S/C13H24N2OS/c1-10-13(12(14)16,8-9-17-10)15-11-6-4-2-3-5-7-11/h10-11,15H,2-9H2,1H3,(H2,14,16). The molecule has 1 saturated heterocycles. The van der Waals surface area contributed by atoms with Gasteiger partial charge in [-0.05, 0) is 25.0 Å². The Kier molecular flexibility index (Phi) is 4.36. The van der Waals surface area contributed by atoms with Gasteiger partial charge in [-0.25, -0.2) is 0 Å². The summed E-state index contributed by atoms with van der Waals surface area (Å²) >= 11 is 1.86. The van der Waals surface area contributed by atoms with Gasteiger partial charge in [0.2, 0.25) is 5.91 Å². The minimum Gasteiger partial charge on any atom is -0.368 e. The first-order chi connectivity index (χ1) is 8.15. The van der Waals surface area contributed by atoms with Crippen LogP contribution in [-0.4, -0.2) is 28.5 Å². The Morgan fingerprint density at radius 2 is 1.94 bits per heavy atom. The Morgan fingerprint density at radius 1 is 1.29 bits per heavy atom. The zero-order valence-corrected chi connectivity index (χ0v) is 11.5. The largest absolute Gasteiger partial charge is 0.368 e. The Hall–Kier alpha value is -0.220. The van der Waals surface area contributed by atoms with Crippen LogP contribution in [0.3, 0.4) is 0 Å². The lowest BCUT2D eigenvalue weighted by Crippen LogP contribution is -2.61. The zero-order chi connectivity index (χ0) is 12.3. The van der Waals surface area contributed by atoms with Crippen LogP contribution in [0.1, 0.15) is 51.9 Å². The van der Waals surface area contributed by atoms with Crippen LogP contribution in [-0.2, 0) is 4.79 Å². The summed E-state index contributed by atoms with van der Waals surface area (Å²) in [6.07, 6.45) is 8.55. The molecule has 0 aromatic carbocycles. The molecule has 4 heteroatoms. The first kappa shape index (κ1) is 13.2. The van der Waals surface area contributed by atoms with Crippen LogP contribution in [0.15, 0.2) is 0 Å². The topological polar surface area (TPSA) is 55.1 Å². The van der Waals surface area contributed by atoms with Gasteiger partial charge in [-0.15, -0.1) is 0 Å². The van der Waals surface area contributed by atoms with E-state index in [9.17, 15) is 4.79 Å². The molecule has 0 radical (unpaired) electrons. The van der Waals surface area contributed by atoms with Crippen LogP contribution in [0.2, 0.25) is 0 Å². The second-order valence-electron chi connectivity index (χ2n) is 5.43. The Balaban J connectivity index is 2.04. The first-order valence-corrected chi connectivity index (χ1v) is 7.89. The van der Waals surface area contributed by atoms with Gasteiger partial charge in [0.15, 0.2) is 0 Å². The van der Waals surface area contributed by atoms with Gasteiger partial charge in [0, 0.05) is 11.3 Å². The highest BCUT2D eigenvalue weighted by molar-refractivity contribution is 8.00. The number of hydrogen-bond donors (Lipinski definition) is 2. The van der Waals surface area contributed by atoms with E-state index in [1.807, 2.05) is 11.8 Å². The molecule has 0 aromatic rings. The molecule has 2 aliphatic rings. The number of amides is 1. The number of rotatable bonds is 3. The van der Waals surface area contributed by atoms with Crippen LogP contribution in [0.5, 0.6) is 0 Å². The van der Waals surface area contributed by atoms with Crippen molar-refractivity contribution in [1.29, 1.82) is 0 Å². The fourth-order valence-corrected chi connectivity index (χ4v) is 4.49. The van der Waals surface area contributed by atoms with Crippen molar-refractivity contribution in [3.05, 3.63) is 0 Å². The molecule has 0 bridgehead atoms. The van der Waals surface area contributed by atoms with Crippen molar-refractivity contribution >= 4 is 17.7 Å². The summed E-state index contributed by atoms with van der Waals surface area (Å²) in [7, 11) is 0. The maximum atomic E-state index is 11.8. The van der Waals surface area contributed by atoms with Crippen molar-refractivity contribution in [2.45, 2.75) is 68.7 Å². The normalized spacial score (nSPS) is 35.7. The second-order valence-corrected chi connectivity index (χ2v) is 6.88. The van der Waals surface area contributed by atoms with Gasteiger partial charge in [-0.1, -0.05) is 32.6 Å². The minimum absolute atomic E-state index is 0.153. The van der Waals surface area contributed by atoms with Gasteiger partial charge in [0.25, 0.3) is 0 Å². The average Bonchev–Trinajstić information content (AvgIpc) is 2.52. The maximum Gasteiger partial charge on any atom is 0.238 e. The van der Waals surface area contributed by atoms with Gasteiger partial charge < -0.3 is 5.73 Å². The van der Waals surface area contributed by atoms with E-state index in [-0.39, 0.29) is 5.91 Å². The summed E-state index contributed by atoms with van der Waals surface area (Å²) in [6.45, 7) is 2.13. The third kappa shape index (κ3) is 2.79. The van der Waals surface area contributed by atoms with Crippen LogP contribution in [0.25, 0.3) is 0 Å². The lowest BCUT2D eigenvalue weighted by molar-refractivity contribution is -0.124. The highest BCUT2D eigenvalue weighted by atomic mass is 32.2. The third-order valence-electron chi connectivity index (χ3n) is 4.31. The Labute approximate surface area is 108 Å². The lowest BCUT2D eigenvalue weighted by Gasteiger charge is -2.35. The molecule has 17 heavy (non-hydrogen) atoms. The smallest absolute Gasteiger partial charge is 0.238 e. The fraction of sp³-hybridized carbons (Fsp3) is 0.923. The monoisotopic (exact) mass is 256 g/mol. The van der Waals surface area contributed by atoms with Gasteiger partial charge in [-0.3, -0.25) is 10.1 Å². The molecule has 2 rings (SSSR count). The van der Waals surface area contributed by atoms with E-state index in [4.69, 9.17) is 5.73 Å². The molecule has 1 heterocycles. The molecular weight excluding hydrogens is 232 g/mol. The molecular formula is C13H24N2OS. The quantitative estimate of drug-likeness (QED) is 0.760. The number of thioether (sulfide) groups is 1. The number of carbonyl (C=O) groups excluding carboxylic acids is 1. The number of nitrogens with one attached hydrogen (secondary N) is 1. The average molecular weight is 256 g/mol. The lowest BCUT2D eigenvalue weighted by atomic mass is 9.89. The molecule has 1 amide bonds. The van der Waals surface area contributed by atoms with Crippen molar-refractivity contribution in [2.75, 3.05) is 5.75 Å². The summed E-state index contributed by atoms with van der Waals surface area (Å²) in [5, 5.41) is 3.93. The number of carbonyl (C=O) groups is 1. The molecule has 1 saturated carbocycles. The van der Waals surface area contributed by atoms with Gasteiger partial charge >= 0.3 is 0 Å².